The first-order valence-corrected chi connectivity index (χ1v) is 5.22. The molecule has 0 saturated heterocycles. The number of ether oxygens (including phenoxy) is 2. The summed E-state index contributed by atoms with van der Waals surface area (Å²) in [5, 5.41) is 9.28. The summed E-state index contributed by atoms with van der Waals surface area (Å²) < 4.78 is 9.59. The molecule has 0 aliphatic rings. The smallest absolute Gasteiger partial charge is 0.330 e. The molecule has 0 saturated carbocycles. The highest BCUT2D eigenvalue weighted by Crippen LogP contribution is 2.21. The topological polar surface area (TPSA) is 55.8 Å². The molecule has 17 heavy (non-hydrogen) atoms. The third kappa shape index (κ3) is 3.92. The van der Waals surface area contributed by atoms with Crippen LogP contribution in [0, 0.1) is 0 Å². The van der Waals surface area contributed by atoms with Crippen molar-refractivity contribution in [3.05, 3.63) is 42.0 Å². The third-order valence-electron chi connectivity index (χ3n) is 2.38. The van der Waals surface area contributed by atoms with Gasteiger partial charge in [-0.2, -0.15) is 0 Å². The van der Waals surface area contributed by atoms with Gasteiger partial charge in [-0.3, -0.25) is 0 Å². The molecule has 1 atom stereocenters. The standard InChI is InChI=1S/C13H16O4/c1-16-12-5-3-4-10(8-12)11(9-14)6-7-13(15)17-2/h3-8,11,14H,9H2,1-2H3/b7-6+. The van der Waals surface area contributed by atoms with Crippen molar-refractivity contribution in [1.82, 2.24) is 0 Å². The minimum atomic E-state index is -0.439. The highest BCUT2D eigenvalue weighted by Gasteiger charge is 2.08. The van der Waals surface area contributed by atoms with Gasteiger partial charge >= 0.3 is 5.97 Å². The Hall–Kier alpha value is -1.81. The second-order valence-corrected chi connectivity index (χ2v) is 3.45. The maximum atomic E-state index is 11.0. The van der Waals surface area contributed by atoms with Crippen LogP contribution in [0.1, 0.15) is 11.5 Å². The molecule has 0 spiro atoms. The lowest BCUT2D eigenvalue weighted by Gasteiger charge is -2.10. The SMILES string of the molecule is COC(=O)/C=C/C(CO)c1cccc(OC)c1. The lowest BCUT2D eigenvalue weighted by molar-refractivity contribution is -0.134. The maximum Gasteiger partial charge on any atom is 0.330 e. The van der Waals surface area contributed by atoms with Crippen LogP contribution in [0.4, 0.5) is 0 Å². The zero-order valence-corrected chi connectivity index (χ0v) is 9.92. The van der Waals surface area contributed by atoms with Crippen LogP contribution in [-0.4, -0.2) is 31.9 Å². The van der Waals surface area contributed by atoms with E-state index in [9.17, 15) is 9.90 Å². The van der Waals surface area contributed by atoms with Crippen LogP contribution in [0.3, 0.4) is 0 Å². The van der Waals surface area contributed by atoms with E-state index in [0.717, 1.165) is 5.56 Å². The van der Waals surface area contributed by atoms with E-state index in [1.54, 1.807) is 13.2 Å². The van der Waals surface area contributed by atoms with Gasteiger partial charge in [0.1, 0.15) is 5.75 Å². The number of rotatable bonds is 5. The minimum Gasteiger partial charge on any atom is -0.497 e. The number of aliphatic hydroxyl groups excluding tert-OH is 1. The third-order valence-corrected chi connectivity index (χ3v) is 2.38. The highest BCUT2D eigenvalue weighted by molar-refractivity contribution is 5.81. The second kappa shape index (κ2) is 6.70. The van der Waals surface area contributed by atoms with Gasteiger partial charge in [0.2, 0.25) is 0 Å². The minimum absolute atomic E-state index is 0.0827. The van der Waals surface area contributed by atoms with Gasteiger partial charge in [0.15, 0.2) is 0 Å². The van der Waals surface area contributed by atoms with Gasteiger partial charge in [-0.05, 0) is 17.7 Å². The number of carbonyl (C=O) groups is 1. The molecule has 4 heteroatoms. The van der Waals surface area contributed by atoms with E-state index in [1.807, 2.05) is 24.3 Å². The summed E-state index contributed by atoms with van der Waals surface area (Å²) in [5.74, 6) is 0.0305. The Labute approximate surface area is 100 Å². The summed E-state index contributed by atoms with van der Waals surface area (Å²) in [6.07, 6.45) is 2.92. The number of aliphatic hydroxyl groups is 1. The maximum absolute atomic E-state index is 11.0. The summed E-state index contributed by atoms with van der Waals surface area (Å²) in [6, 6.07) is 7.35. The van der Waals surface area contributed by atoms with Crippen molar-refractivity contribution in [1.29, 1.82) is 0 Å². The Balaban J connectivity index is 2.85. The van der Waals surface area contributed by atoms with E-state index in [-0.39, 0.29) is 12.5 Å². The lowest BCUT2D eigenvalue weighted by atomic mass is 9.99. The molecule has 1 aromatic rings. The molecule has 0 heterocycles. The van der Waals surface area contributed by atoms with Crippen LogP contribution in [0.2, 0.25) is 0 Å². The molecule has 0 aliphatic heterocycles. The summed E-state index contributed by atoms with van der Waals surface area (Å²) in [6.45, 7) is -0.0827. The number of carbonyl (C=O) groups excluding carboxylic acids is 1. The van der Waals surface area contributed by atoms with Gasteiger partial charge in [0.25, 0.3) is 0 Å². The predicted octanol–water partition coefficient (Wildman–Crippen LogP) is 1.50. The van der Waals surface area contributed by atoms with Crippen molar-refractivity contribution in [2.75, 3.05) is 20.8 Å². The molecule has 0 radical (unpaired) electrons. The fourth-order valence-corrected chi connectivity index (χ4v) is 1.41. The Morgan fingerprint density at radius 2 is 2.24 bits per heavy atom. The van der Waals surface area contributed by atoms with Crippen LogP contribution in [-0.2, 0) is 9.53 Å². The first kappa shape index (κ1) is 13.3. The molecule has 4 nitrogen and oxygen atoms in total. The Kier molecular flexibility index (Phi) is 5.23. The van der Waals surface area contributed by atoms with Gasteiger partial charge in [-0.25, -0.2) is 4.79 Å². The Morgan fingerprint density at radius 3 is 2.82 bits per heavy atom. The molecule has 1 rings (SSSR count). The number of methoxy groups -OCH3 is 2. The largest absolute Gasteiger partial charge is 0.497 e. The molecule has 0 aromatic heterocycles. The molecule has 1 N–H and O–H groups in total. The van der Waals surface area contributed by atoms with E-state index in [4.69, 9.17) is 4.74 Å². The fraction of sp³-hybridized carbons (Fsp3) is 0.308. The highest BCUT2D eigenvalue weighted by atomic mass is 16.5. The molecule has 0 bridgehead atoms. The van der Waals surface area contributed by atoms with Crippen LogP contribution >= 0.6 is 0 Å². The quantitative estimate of drug-likeness (QED) is 0.621. The fourth-order valence-electron chi connectivity index (χ4n) is 1.41. The summed E-state index contributed by atoms with van der Waals surface area (Å²) in [4.78, 5) is 11.0. The van der Waals surface area contributed by atoms with Crippen LogP contribution in [0.15, 0.2) is 36.4 Å². The first-order valence-electron chi connectivity index (χ1n) is 5.22. The van der Waals surface area contributed by atoms with Gasteiger partial charge in [0.05, 0.1) is 20.8 Å². The molecule has 1 aromatic carbocycles. The van der Waals surface area contributed by atoms with E-state index in [1.165, 1.54) is 13.2 Å². The zero-order valence-electron chi connectivity index (χ0n) is 9.92. The van der Waals surface area contributed by atoms with Gasteiger partial charge in [0, 0.05) is 12.0 Å². The van der Waals surface area contributed by atoms with Crippen molar-refractivity contribution >= 4 is 5.97 Å². The van der Waals surface area contributed by atoms with E-state index < -0.39 is 5.97 Å². The first-order chi connectivity index (χ1) is 8.21. The van der Waals surface area contributed by atoms with Gasteiger partial charge in [-0.15, -0.1) is 0 Å². The van der Waals surface area contributed by atoms with Gasteiger partial charge < -0.3 is 14.6 Å². The Bertz CT molecular complexity index is 398. The van der Waals surface area contributed by atoms with E-state index in [0.29, 0.717) is 5.75 Å². The van der Waals surface area contributed by atoms with E-state index >= 15 is 0 Å². The molecule has 0 fully saturated rings. The average molecular weight is 236 g/mol. The number of esters is 1. The summed E-state index contributed by atoms with van der Waals surface area (Å²) in [5.41, 5.74) is 0.881. The molecule has 0 amide bonds. The van der Waals surface area contributed by atoms with Crippen LogP contribution < -0.4 is 4.74 Å². The average Bonchev–Trinajstić information content (AvgIpc) is 2.39. The molecule has 92 valence electrons. The van der Waals surface area contributed by atoms with Crippen molar-refractivity contribution in [3.63, 3.8) is 0 Å². The summed E-state index contributed by atoms with van der Waals surface area (Å²) in [7, 11) is 2.89. The van der Waals surface area contributed by atoms with Crippen molar-refractivity contribution in [3.8, 4) is 5.75 Å². The molecular formula is C13H16O4. The summed E-state index contributed by atoms with van der Waals surface area (Å²) >= 11 is 0. The van der Waals surface area contributed by atoms with Crippen LogP contribution in [0.5, 0.6) is 5.75 Å². The number of hydrogen-bond acceptors (Lipinski definition) is 4. The van der Waals surface area contributed by atoms with Crippen molar-refractivity contribution in [2.45, 2.75) is 5.92 Å². The Morgan fingerprint density at radius 1 is 1.47 bits per heavy atom. The monoisotopic (exact) mass is 236 g/mol. The molecular weight excluding hydrogens is 220 g/mol. The van der Waals surface area contributed by atoms with E-state index in [2.05, 4.69) is 4.74 Å². The molecule has 0 aliphatic carbocycles. The van der Waals surface area contributed by atoms with Crippen LogP contribution in [0.25, 0.3) is 0 Å². The molecule has 1 unspecified atom stereocenters. The number of benzene rings is 1. The van der Waals surface area contributed by atoms with Crippen molar-refractivity contribution < 1.29 is 19.4 Å². The normalized spacial score (nSPS) is 12.4. The number of hydrogen-bond donors (Lipinski definition) is 1. The predicted molar refractivity (Wildman–Crippen MR) is 64.0 cm³/mol. The zero-order chi connectivity index (χ0) is 12.7. The lowest BCUT2D eigenvalue weighted by Crippen LogP contribution is -2.03. The van der Waals surface area contributed by atoms with Gasteiger partial charge in [-0.1, -0.05) is 18.2 Å². The second-order valence-electron chi connectivity index (χ2n) is 3.45. The van der Waals surface area contributed by atoms with Crippen molar-refractivity contribution in [2.24, 2.45) is 0 Å².